The minimum Gasteiger partial charge on any atom is -0.379 e. The molecule has 3 aromatic heterocycles. The van der Waals surface area contributed by atoms with Crippen LogP contribution < -0.4 is 15.5 Å². The number of carbonyl (C=O) groups is 1. The minimum atomic E-state index is -1.18. The fraction of sp³-hybridized carbons (Fsp3) is 0.231. The Morgan fingerprint density at radius 2 is 2.20 bits per heavy atom. The number of hydrogen-bond donors (Lipinski definition) is 3. The van der Waals surface area contributed by atoms with Crippen LogP contribution in [0.1, 0.15) is 34.8 Å². The zero-order chi connectivity index (χ0) is 24.6. The molecule has 0 aliphatic carbocycles. The van der Waals surface area contributed by atoms with Crippen LogP contribution in [0.15, 0.2) is 66.9 Å². The van der Waals surface area contributed by atoms with Crippen molar-refractivity contribution in [1.82, 2.24) is 15.0 Å². The highest BCUT2D eigenvalue weighted by Gasteiger charge is 2.30. The number of alkyl halides is 1. The van der Waals surface area contributed by atoms with E-state index in [9.17, 15) is 4.79 Å². The Labute approximate surface area is 203 Å². The third-order valence-corrected chi connectivity index (χ3v) is 5.81. The zero-order valence-electron chi connectivity index (χ0n) is 19.3. The summed E-state index contributed by atoms with van der Waals surface area (Å²) in [6, 6.07) is 8.65. The van der Waals surface area contributed by atoms with Crippen molar-refractivity contribution in [3.05, 3.63) is 83.6 Å². The summed E-state index contributed by atoms with van der Waals surface area (Å²) in [7, 11) is 0. The molecule has 0 spiro atoms. The lowest BCUT2D eigenvalue weighted by Crippen LogP contribution is -2.48. The van der Waals surface area contributed by atoms with Gasteiger partial charge in [-0.3, -0.25) is 4.79 Å². The third-order valence-electron chi connectivity index (χ3n) is 5.81. The van der Waals surface area contributed by atoms with Gasteiger partial charge in [-0.05, 0) is 43.2 Å². The molecule has 1 unspecified atom stereocenters. The van der Waals surface area contributed by atoms with Gasteiger partial charge in [-0.25, -0.2) is 14.4 Å². The first-order chi connectivity index (χ1) is 17.1. The van der Waals surface area contributed by atoms with Gasteiger partial charge in [-0.1, -0.05) is 12.2 Å². The second-order valence-corrected chi connectivity index (χ2v) is 8.14. The first kappa shape index (κ1) is 23.7. The average molecular weight is 472 g/mol. The van der Waals surface area contributed by atoms with Gasteiger partial charge in [0.25, 0.3) is 0 Å². The highest BCUT2D eigenvalue weighted by Crippen LogP contribution is 2.26. The number of hydrogen-bond acceptors (Lipinski definition) is 7. The molecule has 1 fully saturated rings. The maximum atomic E-state index is 15.1. The number of allylic oxidation sites excluding steroid dienone is 2. The standard InChI is InChI=1S/C26H26FN7O/c1-2-21(5-3-18-7-9-29-13-18)32-25-11-24(20(17-35)15-30-25)33-23-8-10-34(16-22(23)27)26-6-4-19(12-28)14-31-26/h2-7,9,11,13-15,17,22-23,29H,8,10,16H2,1H3,(H2,30,32,33)/b5-3-,21-2+/t22-,23?/m0/s1. The average Bonchev–Trinajstić information content (AvgIpc) is 3.41. The Bertz CT molecular complexity index is 1250. The normalized spacial score (nSPS) is 18.3. The van der Waals surface area contributed by atoms with E-state index >= 15 is 4.39 Å². The van der Waals surface area contributed by atoms with Crippen molar-refractivity contribution < 1.29 is 9.18 Å². The molecule has 1 aliphatic heterocycles. The zero-order valence-corrected chi connectivity index (χ0v) is 19.3. The smallest absolute Gasteiger partial charge is 0.153 e. The summed E-state index contributed by atoms with van der Waals surface area (Å²) in [5.74, 6) is 1.18. The molecule has 1 saturated heterocycles. The maximum absolute atomic E-state index is 15.1. The van der Waals surface area contributed by atoms with E-state index in [1.54, 1.807) is 18.2 Å². The fourth-order valence-corrected chi connectivity index (χ4v) is 3.85. The van der Waals surface area contributed by atoms with Crippen LogP contribution >= 0.6 is 0 Å². The number of H-pyrrole nitrogens is 1. The van der Waals surface area contributed by atoms with E-state index in [0.29, 0.717) is 47.7 Å². The summed E-state index contributed by atoms with van der Waals surface area (Å²) in [6.45, 7) is 2.67. The molecule has 2 atom stereocenters. The van der Waals surface area contributed by atoms with Gasteiger partial charge in [0.05, 0.1) is 29.4 Å². The van der Waals surface area contributed by atoms with Gasteiger partial charge in [0.2, 0.25) is 0 Å². The number of aromatic amines is 1. The summed E-state index contributed by atoms with van der Waals surface area (Å²) < 4.78 is 15.1. The van der Waals surface area contributed by atoms with Crippen LogP contribution in [0, 0.1) is 11.3 Å². The van der Waals surface area contributed by atoms with Crippen LogP contribution in [0.2, 0.25) is 0 Å². The van der Waals surface area contributed by atoms with Crippen LogP contribution in [0.4, 0.5) is 21.7 Å². The molecular formula is C26H26FN7O. The SMILES string of the molecule is C/C=C(\C=C/c1cc[nH]c1)Nc1cc(NC2CCN(c3ccc(C#N)cn3)C[C@@H]2F)c(C=O)cn1. The highest BCUT2D eigenvalue weighted by molar-refractivity contribution is 5.85. The summed E-state index contributed by atoms with van der Waals surface area (Å²) in [5, 5.41) is 15.4. The van der Waals surface area contributed by atoms with Crippen LogP contribution in [0.5, 0.6) is 0 Å². The quantitative estimate of drug-likeness (QED) is 0.327. The van der Waals surface area contributed by atoms with Gasteiger partial charge in [-0.2, -0.15) is 5.26 Å². The van der Waals surface area contributed by atoms with Crippen molar-refractivity contribution in [1.29, 1.82) is 5.26 Å². The largest absolute Gasteiger partial charge is 0.379 e. The lowest BCUT2D eigenvalue weighted by Gasteiger charge is -2.36. The molecule has 0 amide bonds. The number of rotatable bonds is 8. The van der Waals surface area contributed by atoms with Crippen LogP contribution in [0.3, 0.4) is 0 Å². The molecule has 178 valence electrons. The van der Waals surface area contributed by atoms with E-state index in [4.69, 9.17) is 5.26 Å². The first-order valence-corrected chi connectivity index (χ1v) is 11.3. The number of aldehydes is 1. The number of halogens is 1. The Morgan fingerprint density at radius 3 is 2.86 bits per heavy atom. The molecular weight excluding hydrogens is 445 g/mol. The lowest BCUT2D eigenvalue weighted by atomic mass is 10.0. The Kier molecular flexibility index (Phi) is 7.53. The number of anilines is 3. The number of carbonyl (C=O) groups excluding carboxylic acids is 1. The molecule has 3 aromatic rings. The first-order valence-electron chi connectivity index (χ1n) is 11.3. The van der Waals surface area contributed by atoms with E-state index in [1.807, 2.05) is 54.6 Å². The number of nitrogens with zero attached hydrogens (tertiary/aromatic N) is 4. The van der Waals surface area contributed by atoms with Crippen molar-refractivity contribution in [3.8, 4) is 6.07 Å². The van der Waals surface area contributed by atoms with Gasteiger partial charge >= 0.3 is 0 Å². The summed E-state index contributed by atoms with van der Waals surface area (Å²) >= 11 is 0. The van der Waals surface area contributed by atoms with Gasteiger partial charge in [0, 0.05) is 43.1 Å². The fourth-order valence-electron chi connectivity index (χ4n) is 3.85. The summed E-state index contributed by atoms with van der Waals surface area (Å²) in [5.41, 5.74) is 3.22. The molecule has 0 aromatic carbocycles. The molecule has 3 N–H and O–H groups in total. The van der Waals surface area contributed by atoms with E-state index in [2.05, 4.69) is 25.6 Å². The molecule has 8 nitrogen and oxygen atoms in total. The Hall–Kier alpha value is -4.45. The van der Waals surface area contributed by atoms with Crippen LogP contribution in [0.25, 0.3) is 6.08 Å². The Balaban J connectivity index is 1.43. The van der Waals surface area contributed by atoms with E-state index in [0.717, 1.165) is 11.3 Å². The second kappa shape index (κ2) is 11.1. The number of nitrogens with one attached hydrogen (secondary N) is 3. The molecule has 0 bridgehead atoms. The third kappa shape index (κ3) is 5.92. The van der Waals surface area contributed by atoms with Gasteiger partial charge in [0.15, 0.2) is 6.29 Å². The number of aromatic nitrogens is 3. The lowest BCUT2D eigenvalue weighted by molar-refractivity contribution is 0.112. The molecule has 4 heterocycles. The maximum Gasteiger partial charge on any atom is 0.153 e. The molecule has 35 heavy (non-hydrogen) atoms. The van der Waals surface area contributed by atoms with E-state index in [1.165, 1.54) is 12.4 Å². The summed E-state index contributed by atoms with van der Waals surface area (Å²) in [4.78, 5) is 25.1. The number of pyridine rings is 2. The molecule has 9 heteroatoms. The van der Waals surface area contributed by atoms with Crippen molar-refractivity contribution in [2.75, 3.05) is 28.6 Å². The van der Waals surface area contributed by atoms with Crippen molar-refractivity contribution in [2.24, 2.45) is 0 Å². The van der Waals surface area contributed by atoms with Gasteiger partial charge in [0.1, 0.15) is 23.9 Å². The molecule has 0 saturated carbocycles. The molecule has 0 radical (unpaired) electrons. The summed E-state index contributed by atoms with van der Waals surface area (Å²) in [6.07, 6.45) is 12.6. The van der Waals surface area contributed by atoms with E-state index in [-0.39, 0.29) is 6.54 Å². The minimum absolute atomic E-state index is 0.163. The molecule has 4 rings (SSSR count). The predicted octanol–water partition coefficient (Wildman–Crippen LogP) is 4.55. The topological polar surface area (TPSA) is 110 Å². The van der Waals surface area contributed by atoms with E-state index < -0.39 is 12.2 Å². The highest BCUT2D eigenvalue weighted by atomic mass is 19.1. The Morgan fingerprint density at radius 1 is 1.31 bits per heavy atom. The monoisotopic (exact) mass is 471 g/mol. The molecule has 1 aliphatic rings. The van der Waals surface area contributed by atoms with Crippen molar-refractivity contribution >= 4 is 29.7 Å². The van der Waals surface area contributed by atoms with Crippen LogP contribution in [-0.2, 0) is 0 Å². The van der Waals surface area contributed by atoms with Crippen molar-refractivity contribution in [2.45, 2.75) is 25.6 Å². The second-order valence-electron chi connectivity index (χ2n) is 8.14. The number of nitriles is 1. The number of piperidine rings is 1. The van der Waals surface area contributed by atoms with Gasteiger partial charge in [-0.15, -0.1) is 0 Å². The van der Waals surface area contributed by atoms with Gasteiger partial charge < -0.3 is 20.5 Å². The van der Waals surface area contributed by atoms with Crippen molar-refractivity contribution in [3.63, 3.8) is 0 Å². The predicted molar refractivity (Wildman–Crippen MR) is 135 cm³/mol. The van der Waals surface area contributed by atoms with Crippen LogP contribution in [-0.4, -0.2) is 46.5 Å².